The molecule has 0 saturated heterocycles. The Labute approximate surface area is 103 Å². The maximum absolute atomic E-state index is 6.20. The summed E-state index contributed by atoms with van der Waals surface area (Å²) in [6.07, 6.45) is 0.781. The molecule has 0 aliphatic rings. The summed E-state index contributed by atoms with van der Waals surface area (Å²) in [5, 5.41) is 0.671. The van der Waals surface area contributed by atoms with E-state index in [-0.39, 0.29) is 6.04 Å². The molecule has 0 bridgehead atoms. The number of benzene rings is 1. The third kappa shape index (κ3) is 3.13. The number of hydrogen-bond acceptors (Lipinski definition) is 2. The number of nitrogens with two attached hydrogens (primary N) is 1. The van der Waals surface area contributed by atoms with E-state index < -0.39 is 0 Å². The molecule has 1 atom stereocenters. The van der Waals surface area contributed by atoms with Crippen LogP contribution >= 0.6 is 11.6 Å². The van der Waals surface area contributed by atoms with Crippen LogP contribution in [0.4, 0.5) is 0 Å². The molecule has 90 valence electrons. The first-order chi connectivity index (χ1) is 7.45. The van der Waals surface area contributed by atoms with Gasteiger partial charge < -0.3 is 10.5 Å². The largest absolute Gasteiger partial charge is 0.495 e. The monoisotopic (exact) mass is 241 g/mol. The van der Waals surface area contributed by atoms with Crippen molar-refractivity contribution in [1.82, 2.24) is 0 Å². The molecule has 2 nitrogen and oxygen atoms in total. The van der Waals surface area contributed by atoms with Crippen LogP contribution in [0.3, 0.4) is 0 Å². The van der Waals surface area contributed by atoms with Gasteiger partial charge in [0.2, 0.25) is 0 Å². The van der Waals surface area contributed by atoms with E-state index in [1.54, 1.807) is 7.11 Å². The summed E-state index contributed by atoms with van der Waals surface area (Å²) in [4.78, 5) is 0. The smallest absolute Gasteiger partial charge is 0.140 e. The molecule has 0 aromatic heterocycles. The van der Waals surface area contributed by atoms with Gasteiger partial charge in [-0.2, -0.15) is 0 Å². The van der Waals surface area contributed by atoms with Gasteiger partial charge in [-0.15, -0.1) is 0 Å². The molecule has 0 saturated carbocycles. The van der Waals surface area contributed by atoms with E-state index in [0.717, 1.165) is 17.7 Å². The van der Waals surface area contributed by atoms with Crippen LogP contribution in [0.15, 0.2) is 12.1 Å². The third-order valence-corrected chi connectivity index (χ3v) is 2.84. The highest BCUT2D eigenvalue weighted by Crippen LogP contribution is 2.33. The first-order valence-electron chi connectivity index (χ1n) is 5.57. The Balaban J connectivity index is 3.19. The van der Waals surface area contributed by atoms with E-state index >= 15 is 0 Å². The molecule has 0 fully saturated rings. The Morgan fingerprint density at radius 2 is 1.94 bits per heavy atom. The zero-order valence-corrected chi connectivity index (χ0v) is 11.1. The SMILES string of the molecule is COc1c(Cl)cc(C(C)C)cc1CC(C)N. The van der Waals surface area contributed by atoms with Gasteiger partial charge in [0.25, 0.3) is 0 Å². The second kappa shape index (κ2) is 5.55. The summed E-state index contributed by atoms with van der Waals surface area (Å²) >= 11 is 6.20. The minimum absolute atomic E-state index is 0.104. The quantitative estimate of drug-likeness (QED) is 0.877. The average molecular weight is 242 g/mol. The minimum Gasteiger partial charge on any atom is -0.495 e. The lowest BCUT2D eigenvalue weighted by molar-refractivity contribution is 0.408. The number of methoxy groups -OCH3 is 1. The highest BCUT2D eigenvalue weighted by Gasteiger charge is 2.13. The van der Waals surface area contributed by atoms with E-state index in [2.05, 4.69) is 19.9 Å². The molecule has 0 radical (unpaired) electrons. The van der Waals surface area contributed by atoms with Gasteiger partial charge in [0.15, 0.2) is 0 Å². The van der Waals surface area contributed by atoms with E-state index in [1.807, 2.05) is 13.0 Å². The lowest BCUT2D eigenvalue weighted by atomic mass is 9.97. The summed E-state index contributed by atoms with van der Waals surface area (Å²) in [6.45, 7) is 6.27. The van der Waals surface area contributed by atoms with Crippen LogP contribution in [0.1, 0.15) is 37.8 Å². The average Bonchev–Trinajstić information content (AvgIpc) is 2.16. The highest BCUT2D eigenvalue weighted by atomic mass is 35.5. The molecule has 1 rings (SSSR count). The first kappa shape index (κ1) is 13.3. The van der Waals surface area contributed by atoms with Gasteiger partial charge in [-0.3, -0.25) is 0 Å². The predicted octanol–water partition coefficient (Wildman–Crippen LogP) is 3.36. The normalized spacial score (nSPS) is 12.9. The molecule has 0 heterocycles. The Bertz CT molecular complexity index is 361. The van der Waals surface area contributed by atoms with E-state index in [4.69, 9.17) is 22.1 Å². The highest BCUT2D eigenvalue weighted by molar-refractivity contribution is 6.32. The number of ether oxygens (including phenoxy) is 1. The second-order valence-corrected chi connectivity index (χ2v) is 4.94. The molecule has 1 unspecified atom stereocenters. The van der Waals surface area contributed by atoms with Gasteiger partial charge in [-0.25, -0.2) is 0 Å². The van der Waals surface area contributed by atoms with Crippen LogP contribution in [-0.2, 0) is 6.42 Å². The lowest BCUT2D eigenvalue weighted by Crippen LogP contribution is -2.18. The minimum atomic E-state index is 0.104. The molecule has 0 spiro atoms. The van der Waals surface area contributed by atoms with Crippen molar-refractivity contribution in [3.05, 3.63) is 28.3 Å². The summed E-state index contributed by atoms with van der Waals surface area (Å²) in [7, 11) is 1.64. The fourth-order valence-electron chi connectivity index (χ4n) is 1.73. The molecule has 2 N–H and O–H groups in total. The van der Waals surface area contributed by atoms with Crippen LogP contribution in [0.5, 0.6) is 5.75 Å². The molecule has 16 heavy (non-hydrogen) atoms. The Kier molecular flexibility index (Phi) is 4.63. The number of hydrogen-bond donors (Lipinski definition) is 1. The molecular formula is C13H20ClNO. The van der Waals surface area contributed by atoms with Crippen molar-refractivity contribution >= 4 is 11.6 Å². The molecule has 3 heteroatoms. The lowest BCUT2D eigenvalue weighted by Gasteiger charge is -2.16. The van der Waals surface area contributed by atoms with Crippen molar-refractivity contribution < 1.29 is 4.74 Å². The van der Waals surface area contributed by atoms with Crippen molar-refractivity contribution in [2.45, 2.75) is 39.2 Å². The molecule has 0 amide bonds. The van der Waals surface area contributed by atoms with Gasteiger partial charge in [0.05, 0.1) is 12.1 Å². The van der Waals surface area contributed by atoms with Crippen molar-refractivity contribution in [3.8, 4) is 5.75 Å². The van der Waals surface area contributed by atoms with E-state index in [0.29, 0.717) is 10.9 Å². The fraction of sp³-hybridized carbons (Fsp3) is 0.538. The van der Waals surface area contributed by atoms with E-state index in [9.17, 15) is 0 Å². The van der Waals surface area contributed by atoms with Crippen molar-refractivity contribution in [2.24, 2.45) is 5.73 Å². The third-order valence-electron chi connectivity index (χ3n) is 2.56. The molecule has 0 aliphatic carbocycles. The molecule has 1 aromatic rings. The molecular weight excluding hydrogens is 222 g/mol. The van der Waals surface area contributed by atoms with Crippen LogP contribution in [0.2, 0.25) is 5.02 Å². The Morgan fingerprint density at radius 3 is 2.38 bits per heavy atom. The summed E-state index contributed by atoms with van der Waals surface area (Å²) in [5.74, 6) is 1.21. The van der Waals surface area contributed by atoms with Crippen molar-refractivity contribution in [2.75, 3.05) is 7.11 Å². The maximum atomic E-state index is 6.20. The molecule has 0 aliphatic heterocycles. The van der Waals surface area contributed by atoms with Crippen molar-refractivity contribution in [3.63, 3.8) is 0 Å². The van der Waals surface area contributed by atoms with Gasteiger partial charge >= 0.3 is 0 Å². The predicted molar refractivity (Wildman–Crippen MR) is 69.4 cm³/mol. The summed E-state index contributed by atoms with van der Waals surface area (Å²) in [6, 6.07) is 4.21. The van der Waals surface area contributed by atoms with Gasteiger partial charge in [-0.1, -0.05) is 31.5 Å². The number of rotatable bonds is 4. The van der Waals surface area contributed by atoms with E-state index in [1.165, 1.54) is 5.56 Å². The van der Waals surface area contributed by atoms with Crippen LogP contribution < -0.4 is 10.5 Å². The zero-order chi connectivity index (χ0) is 12.3. The van der Waals surface area contributed by atoms with Crippen LogP contribution in [0.25, 0.3) is 0 Å². The molecule has 1 aromatic carbocycles. The zero-order valence-electron chi connectivity index (χ0n) is 10.4. The summed E-state index contributed by atoms with van der Waals surface area (Å²) in [5.41, 5.74) is 8.14. The standard InChI is InChI=1S/C13H20ClNO/c1-8(2)10-6-11(5-9(3)15)13(16-4)12(14)7-10/h6-9H,5,15H2,1-4H3. The number of halogens is 1. The topological polar surface area (TPSA) is 35.2 Å². The van der Waals surface area contributed by atoms with Crippen molar-refractivity contribution in [1.29, 1.82) is 0 Å². The Morgan fingerprint density at radius 1 is 1.31 bits per heavy atom. The fourth-order valence-corrected chi connectivity index (χ4v) is 2.06. The van der Waals surface area contributed by atoms with Gasteiger partial charge in [0, 0.05) is 6.04 Å². The second-order valence-electron chi connectivity index (χ2n) is 4.53. The Hall–Kier alpha value is -0.730. The summed E-state index contributed by atoms with van der Waals surface area (Å²) < 4.78 is 5.32. The van der Waals surface area contributed by atoms with Crippen LogP contribution in [0, 0.1) is 0 Å². The maximum Gasteiger partial charge on any atom is 0.140 e. The first-order valence-corrected chi connectivity index (χ1v) is 5.95. The van der Waals surface area contributed by atoms with Gasteiger partial charge in [-0.05, 0) is 36.5 Å². The van der Waals surface area contributed by atoms with Crippen LogP contribution in [-0.4, -0.2) is 13.2 Å². The van der Waals surface area contributed by atoms with Gasteiger partial charge in [0.1, 0.15) is 5.75 Å².